The average molecular weight is 378 g/mol. The molecule has 0 atom stereocenters. The van der Waals surface area contributed by atoms with Crippen molar-refractivity contribution in [1.82, 2.24) is 5.32 Å². The van der Waals surface area contributed by atoms with E-state index in [2.05, 4.69) is 10.6 Å². The zero-order chi connectivity index (χ0) is 19.9. The summed E-state index contributed by atoms with van der Waals surface area (Å²) in [5.74, 6) is 0.605. The minimum absolute atomic E-state index is 0.130. The maximum absolute atomic E-state index is 12.1. The molecule has 144 valence electrons. The lowest BCUT2D eigenvalue weighted by Crippen LogP contribution is -2.32. The number of nitrogens with one attached hydrogen (secondary N) is 2. The number of benzene rings is 2. The molecule has 0 saturated heterocycles. The summed E-state index contributed by atoms with van der Waals surface area (Å²) in [6.07, 6.45) is 0. The van der Waals surface area contributed by atoms with Gasteiger partial charge in [-0.3, -0.25) is 9.59 Å². The Hall–Kier alpha value is -3.54. The number of hydrogen-bond acceptors (Lipinski definition) is 4. The van der Waals surface area contributed by atoms with E-state index in [4.69, 9.17) is 9.15 Å². The van der Waals surface area contributed by atoms with Gasteiger partial charge in [0.2, 0.25) is 5.91 Å². The van der Waals surface area contributed by atoms with E-state index in [1.54, 1.807) is 12.1 Å². The van der Waals surface area contributed by atoms with E-state index >= 15 is 0 Å². The number of rotatable bonds is 7. The van der Waals surface area contributed by atoms with E-state index in [-0.39, 0.29) is 24.8 Å². The van der Waals surface area contributed by atoms with Crippen molar-refractivity contribution >= 4 is 17.5 Å². The molecule has 0 bridgehead atoms. The molecule has 0 aliphatic carbocycles. The van der Waals surface area contributed by atoms with Crippen LogP contribution in [0, 0.1) is 13.8 Å². The molecule has 0 radical (unpaired) electrons. The van der Waals surface area contributed by atoms with Crippen molar-refractivity contribution in [3.8, 4) is 5.75 Å². The average Bonchev–Trinajstić information content (AvgIpc) is 3.17. The normalized spacial score (nSPS) is 10.4. The highest BCUT2D eigenvalue weighted by Crippen LogP contribution is 2.15. The Labute approximate surface area is 163 Å². The Kier molecular flexibility index (Phi) is 6.11. The number of carbonyl (C=O) groups is 2. The molecule has 3 rings (SSSR count). The molecule has 1 heterocycles. The molecule has 0 fully saturated rings. The van der Waals surface area contributed by atoms with Crippen LogP contribution in [0.3, 0.4) is 0 Å². The Balaban J connectivity index is 1.46. The Morgan fingerprint density at radius 1 is 0.893 bits per heavy atom. The zero-order valence-corrected chi connectivity index (χ0v) is 15.8. The number of ether oxygens (including phenoxy) is 1. The lowest BCUT2D eigenvalue weighted by Gasteiger charge is -2.06. The first-order chi connectivity index (χ1) is 13.5. The molecule has 2 N–H and O–H groups in total. The summed E-state index contributed by atoms with van der Waals surface area (Å²) in [7, 11) is 0. The van der Waals surface area contributed by atoms with Gasteiger partial charge in [0.05, 0.1) is 6.54 Å². The first-order valence-electron chi connectivity index (χ1n) is 8.92. The van der Waals surface area contributed by atoms with Crippen LogP contribution in [0.2, 0.25) is 0 Å². The van der Waals surface area contributed by atoms with E-state index in [0.29, 0.717) is 11.4 Å². The second kappa shape index (κ2) is 8.90. The molecular weight excluding hydrogens is 356 g/mol. The molecule has 2 amide bonds. The number of aryl methyl sites for hydroxylation is 2. The van der Waals surface area contributed by atoms with Gasteiger partial charge in [-0.2, -0.15) is 0 Å². The van der Waals surface area contributed by atoms with Crippen molar-refractivity contribution in [1.29, 1.82) is 0 Å². The highest BCUT2D eigenvalue weighted by Gasteiger charge is 2.13. The van der Waals surface area contributed by atoms with Crippen molar-refractivity contribution in [2.45, 2.75) is 20.5 Å². The van der Waals surface area contributed by atoms with Crippen LogP contribution < -0.4 is 15.4 Å². The lowest BCUT2D eigenvalue weighted by molar-refractivity contribution is -0.115. The van der Waals surface area contributed by atoms with Gasteiger partial charge in [-0.25, -0.2) is 0 Å². The fraction of sp³-hybridized carbons (Fsp3) is 0.182. The highest BCUT2D eigenvalue weighted by molar-refractivity contribution is 5.98. The van der Waals surface area contributed by atoms with E-state index in [1.807, 2.05) is 62.4 Å². The van der Waals surface area contributed by atoms with Gasteiger partial charge in [0.1, 0.15) is 18.1 Å². The molecule has 6 nitrogen and oxygen atoms in total. The highest BCUT2D eigenvalue weighted by atomic mass is 16.5. The second-order valence-electron chi connectivity index (χ2n) is 6.46. The second-order valence-corrected chi connectivity index (χ2v) is 6.46. The third kappa shape index (κ3) is 5.48. The third-order valence-electron chi connectivity index (χ3n) is 4.03. The molecule has 0 aliphatic rings. The summed E-state index contributed by atoms with van der Waals surface area (Å²) in [5.41, 5.74) is 2.93. The molecule has 6 heteroatoms. The van der Waals surface area contributed by atoms with Gasteiger partial charge in [-0.15, -0.1) is 0 Å². The third-order valence-corrected chi connectivity index (χ3v) is 4.03. The molecule has 0 aliphatic heterocycles. The maximum Gasteiger partial charge on any atom is 0.287 e. The minimum Gasteiger partial charge on any atom is -0.486 e. The predicted octanol–water partition coefficient (Wildman–Crippen LogP) is 3.84. The van der Waals surface area contributed by atoms with Gasteiger partial charge in [0.25, 0.3) is 5.91 Å². The van der Waals surface area contributed by atoms with Gasteiger partial charge >= 0.3 is 0 Å². The largest absolute Gasteiger partial charge is 0.486 e. The fourth-order valence-corrected chi connectivity index (χ4v) is 2.46. The van der Waals surface area contributed by atoms with Gasteiger partial charge in [-0.1, -0.05) is 35.4 Å². The Morgan fingerprint density at radius 3 is 2.21 bits per heavy atom. The molecular formula is C22H22N2O4. The van der Waals surface area contributed by atoms with E-state index in [9.17, 15) is 9.59 Å². The monoisotopic (exact) mass is 378 g/mol. The smallest absolute Gasteiger partial charge is 0.287 e. The number of furan rings is 1. The van der Waals surface area contributed by atoms with E-state index in [1.165, 1.54) is 0 Å². The summed E-state index contributed by atoms with van der Waals surface area (Å²) < 4.78 is 11.1. The van der Waals surface area contributed by atoms with Gasteiger partial charge in [0.15, 0.2) is 5.76 Å². The molecule has 1 aromatic heterocycles. The fourth-order valence-electron chi connectivity index (χ4n) is 2.46. The minimum atomic E-state index is -0.458. The molecule has 0 saturated carbocycles. The van der Waals surface area contributed by atoms with Gasteiger partial charge in [-0.05, 0) is 50.2 Å². The predicted molar refractivity (Wildman–Crippen MR) is 106 cm³/mol. The van der Waals surface area contributed by atoms with Crippen molar-refractivity contribution in [3.63, 3.8) is 0 Å². The van der Waals surface area contributed by atoms with E-state index < -0.39 is 5.91 Å². The Bertz CT molecular complexity index is 943. The van der Waals surface area contributed by atoms with Crippen LogP contribution in [0.5, 0.6) is 5.75 Å². The van der Waals surface area contributed by atoms with E-state index in [0.717, 1.165) is 16.9 Å². The van der Waals surface area contributed by atoms with Crippen LogP contribution in [-0.2, 0) is 11.4 Å². The lowest BCUT2D eigenvalue weighted by atomic mass is 10.2. The molecule has 0 spiro atoms. The first-order valence-corrected chi connectivity index (χ1v) is 8.92. The molecule has 3 aromatic rings. The van der Waals surface area contributed by atoms with Crippen LogP contribution in [-0.4, -0.2) is 18.4 Å². The summed E-state index contributed by atoms with van der Waals surface area (Å²) in [4.78, 5) is 24.1. The number of carbonyl (C=O) groups excluding carboxylic acids is 2. The number of anilines is 1. The zero-order valence-electron chi connectivity index (χ0n) is 15.8. The summed E-state index contributed by atoms with van der Waals surface area (Å²) in [5, 5.41) is 5.26. The van der Waals surface area contributed by atoms with Crippen molar-refractivity contribution in [2.24, 2.45) is 0 Å². The SMILES string of the molecule is Cc1ccc(NC(=O)CNC(=O)c2ccc(COc3ccc(C)cc3)o2)cc1. The van der Waals surface area contributed by atoms with Crippen LogP contribution in [0.1, 0.15) is 27.4 Å². The topological polar surface area (TPSA) is 80.6 Å². The van der Waals surface area contributed by atoms with Crippen LogP contribution in [0.25, 0.3) is 0 Å². The maximum atomic E-state index is 12.1. The van der Waals surface area contributed by atoms with Crippen LogP contribution >= 0.6 is 0 Å². The standard InChI is InChI=1S/C22H22N2O4/c1-15-3-7-17(8-4-15)24-21(25)13-23-22(26)20-12-11-19(28-20)14-27-18-9-5-16(2)6-10-18/h3-12H,13-14H2,1-2H3,(H,23,26)(H,24,25). The van der Waals surface area contributed by atoms with Crippen molar-refractivity contribution < 1.29 is 18.7 Å². The summed E-state index contributed by atoms with van der Waals surface area (Å²) in [6.45, 7) is 4.03. The number of hydrogen-bond donors (Lipinski definition) is 2. The van der Waals surface area contributed by atoms with Gasteiger partial charge in [0, 0.05) is 5.69 Å². The van der Waals surface area contributed by atoms with Crippen LogP contribution in [0.15, 0.2) is 65.1 Å². The van der Waals surface area contributed by atoms with Crippen LogP contribution in [0.4, 0.5) is 5.69 Å². The number of amides is 2. The molecule has 28 heavy (non-hydrogen) atoms. The molecule has 0 unspecified atom stereocenters. The quantitative estimate of drug-likeness (QED) is 0.654. The van der Waals surface area contributed by atoms with Crippen molar-refractivity contribution in [2.75, 3.05) is 11.9 Å². The summed E-state index contributed by atoms with van der Waals surface area (Å²) in [6, 6.07) is 18.3. The Morgan fingerprint density at radius 2 is 1.54 bits per heavy atom. The summed E-state index contributed by atoms with van der Waals surface area (Å²) >= 11 is 0. The van der Waals surface area contributed by atoms with Gasteiger partial charge < -0.3 is 19.8 Å². The molecule has 2 aromatic carbocycles. The first kappa shape index (κ1) is 19.2. The van der Waals surface area contributed by atoms with Crippen molar-refractivity contribution in [3.05, 3.63) is 83.3 Å².